The van der Waals surface area contributed by atoms with Crippen LogP contribution < -0.4 is 10.1 Å². The second-order valence-electron chi connectivity index (χ2n) is 4.59. The molecule has 0 aliphatic carbocycles. The number of aromatic nitrogens is 2. The summed E-state index contributed by atoms with van der Waals surface area (Å²) in [6, 6.07) is 5.28. The van der Waals surface area contributed by atoms with Crippen molar-refractivity contribution in [1.82, 2.24) is 9.78 Å². The number of amides is 1. The first-order valence-corrected chi connectivity index (χ1v) is 6.45. The second kappa shape index (κ2) is 6.88. The lowest BCUT2D eigenvalue weighted by atomic mass is 10.2. The van der Waals surface area contributed by atoms with Gasteiger partial charge in [-0.2, -0.15) is 5.10 Å². The highest BCUT2D eigenvalue weighted by Gasteiger charge is 2.14. The Morgan fingerprint density at radius 2 is 2.14 bits per heavy atom. The summed E-state index contributed by atoms with van der Waals surface area (Å²) < 4.78 is 31.5. The van der Waals surface area contributed by atoms with Gasteiger partial charge in [-0.25, -0.2) is 8.78 Å². The average Bonchev–Trinajstić information content (AvgIpc) is 2.89. The molecule has 0 aliphatic heterocycles. The number of phenols is 1. The van der Waals surface area contributed by atoms with Gasteiger partial charge in [0.15, 0.2) is 11.9 Å². The fraction of sp³-hybridized carbons (Fsp3) is 0.286. The first-order chi connectivity index (χ1) is 10.5. The third kappa shape index (κ3) is 3.94. The molecule has 0 radical (unpaired) electrons. The molecule has 1 amide bonds. The smallest absolute Gasteiger partial charge is 0.257 e. The standard InChI is InChI=1S/C14H15F2N3O3/c1-19-3-2-13(18-19)17-14(21)9-4-10(20)6-11(5-9)22-12(7-15)8-16/h2-6,12,20H,7-8H2,1H3,(H,17,18,21). The molecule has 0 bridgehead atoms. The molecule has 0 spiro atoms. The summed E-state index contributed by atoms with van der Waals surface area (Å²) in [6.45, 7) is -2.02. The van der Waals surface area contributed by atoms with E-state index in [1.165, 1.54) is 22.9 Å². The Hall–Kier alpha value is -2.64. The third-order valence-corrected chi connectivity index (χ3v) is 2.76. The fourth-order valence-electron chi connectivity index (χ4n) is 1.75. The van der Waals surface area contributed by atoms with Crippen LogP contribution in [0.2, 0.25) is 0 Å². The molecule has 0 atom stereocenters. The monoisotopic (exact) mass is 311 g/mol. The minimum atomic E-state index is -1.27. The number of phenolic OH excluding ortho intramolecular Hbond substituents is 1. The van der Waals surface area contributed by atoms with E-state index >= 15 is 0 Å². The number of aromatic hydroxyl groups is 1. The van der Waals surface area contributed by atoms with Crippen molar-refractivity contribution in [2.24, 2.45) is 7.05 Å². The number of carbonyl (C=O) groups excluding carboxylic acids is 1. The molecule has 118 valence electrons. The highest BCUT2D eigenvalue weighted by atomic mass is 19.1. The van der Waals surface area contributed by atoms with E-state index in [9.17, 15) is 18.7 Å². The van der Waals surface area contributed by atoms with Gasteiger partial charge in [0.2, 0.25) is 0 Å². The molecule has 0 fully saturated rings. The predicted molar refractivity (Wildman–Crippen MR) is 75.6 cm³/mol. The number of halogens is 2. The first-order valence-electron chi connectivity index (χ1n) is 6.45. The van der Waals surface area contributed by atoms with Gasteiger partial charge in [-0.1, -0.05) is 0 Å². The maximum atomic E-state index is 12.5. The van der Waals surface area contributed by atoms with E-state index < -0.39 is 25.4 Å². The van der Waals surface area contributed by atoms with E-state index in [4.69, 9.17) is 4.74 Å². The molecule has 0 saturated carbocycles. The maximum Gasteiger partial charge on any atom is 0.257 e. The Balaban J connectivity index is 2.16. The van der Waals surface area contributed by atoms with Gasteiger partial charge in [-0.15, -0.1) is 0 Å². The molecule has 1 heterocycles. The van der Waals surface area contributed by atoms with Crippen LogP contribution in [-0.4, -0.2) is 40.2 Å². The van der Waals surface area contributed by atoms with Crippen LogP contribution in [0, 0.1) is 0 Å². The molecule has 6 nitrogen and oxygen atoms in total. The van der Waals surface area contributed by atoms with Gasteiger partial charge in [0.25, 0.3) is 5.91 Å². The van der Waals surface area contributed by atoms with Crippen LogP contribution >= 0.6 is 0 Å². The molecule has 0 unspecified atom stereocenters. The summed E-state index contributed by atoms with van der Waals surface area (Å²) in [5.74, 6) is -0.438. The minimum Gasteiger partial charge on any atom is -0.508 e. The summed E-state index contributed by atoms with van der Waals surface area (Å²) in [5, 5.41) is 16.1. The summed E-state index contributed by atoms with van der Waals surface area (Å²) in [5.41, 5.74) is 0.0807. The molecule has 0 saturated heterocycles. The van der Waals surface area contributed by atoms with Gasteiger partial charge in [0.05, 0.1) is 0 Å². The van der Waals surface area contributed by atoms with E-state index in [2.05, 4.69) is 10.4 Å². The number of alkyl halides is 2. The minimum absolute atomic E-state index is 0.00599. The van der Waals surface area contributed by atoms with E-state index in [-0.39, 0.29) is 17.1 Å². The summed E-state index contributed by atoms with van der Waals surface area (Å²) in [6.07, 6.45) is 0.383. The average molecular weight is 311 g/mol. The summed E-state index contributed by atoms with van der Waals surface area (Å²) in [4.78, 5) is 12.1. The Morgan fingerprint density at radius 1 is 1.41 bits per heavy atom. The van der Waals surface area contributed by atoms with Crippen LogP contribution in [0.25, 0.3) is 0 Å². The zero-order chi connectivity index (χ0) is 16.1. The Kier molecular flexibility index (Phi) is 4.92. The SMILES string of the molecule is Cn1ccc(NC(=O)c2cc(O)cc(OC(CF)CF)c2)n1. The molecular weight excluding hydrogens is 296 g/mol. The van der Waals surface area contributed by atoms with Crippen LogP contribution in [0.3, 0.4) is 0 Å². The summed E-state index contributed by atoms with van der Waals surface area (Å²) in [7, 11) is 1.70. The molecule has 2 rings (SSSR count). The van der Waals surface area contributed by atoms with Crippen molar-refractivity contribution >= 4 is 11.7 Å². The molecule has 1 aromatic carbocycles. The molecule has 2 N–H and O–H groups in total. The molecule has 22 heavy (non-hydrogen) atoms. The topological polar surface area (TPSA) is 76.4 Å². The third-order valence-electron chi connectivity index (χ3n) is 2.76. The lowest BCUT2D eigenvalue weighted by Crippen LogP contribution is -2.21. The Labute approximate surface area is 125 Å². The van der Waals surface area contributed by atoms with Gasteiger partial charge in [0, 0.05) is 30.9 Å². The van der Waals surface area contributed by atoms with Crippen molar-refractivity contribution in [3.8, 4) is 11.5 Å². The van der Waals surface area contributed by atoms with Crippen molar-refractivity contribution < 1.29 is 23.4 Å². The molecule has 2 aromatic rings. The Morgan fingerprint density at radius 3 is 2.73 bits per heavy atom. The van der Waals surface area contributed by atoms with Crippen LogP contribution in [0.5, 0.6) is 11.5 Å². The number of anilines is 1. The lowest BCUT2D eigenvalue weighted by Gasteiger charge is -2.13. The van der Waals surface area contributed by atoms with Gasteiger partial charge in [0.1, 0.15) is 24.8 Å². The van der Waals surface area contributed by atoms with Crippen LogP contribution in [0.1, 0.15) is 10.4 Å². The largest absolute Gasteiger partial charge is 0.508 e. The van der Waals surface area contributed by atoms with Crippen molar-refractivity contribution in [3.05, 3.63) is 36.0 Å². The molecule has 1 aromatic heterocycles. The van der Waals surface area contributed by atoms with Gasteiger partial charge < -0.3 is 15.2 Å². The van der Waals surface area contributed by atoms with E-state index in [0.717, 1.165) is 0 Å². The number of nitrogens with one attached hydrogen (secondary N) is 1. The Bertz CT molecular complexity index is 657. The van der Waals surface area contributed by atoms with E-state index in [1.54, 1.807) is 19.3 Å². The van der Waals surface area contributed by atoms with Crippen LogP contribution in [0.4, 0.5) is 14.6 Å². The van der Waals surface area contributed by atoms with Gasteiger partial charge in [-0.05, 0) is 12.1 Å². The van der Waals surface area contributed by atoms with Gasteiger partial charge in [-0.3, -0.25) is 9.48 Å². The zero-order valence-corrected chi connectivity index (χ0v) is 11.8. The van der Waals surface area contributed by atoms with Crippen molar-refractivity contribution in [2.45, 2.75) is 6.10 Å². The number of aryl methyl sites for hydroxylation is 1. The van der Waals surface area contributed by atoms with Crippen molar-refractivity contribution in [1.29, 1.82) is 0 Å². The number of ether oxygens (including phenoxy) is 1. The van der Waals surface area contributed by atoms with Crippen LogP contribution in [0.15, 0.2) is 30.5 Å². The fourth-order valence-corrected chi connectivity index (χ4v) is 1.75. The van der Waals surface area contributed by atoms with Crippen LogP contribution in [-0.2, 0) is 7.05 Å². The second-order valence-corrected chi connectivity index (χ2v) is 4.59. The number of nitrogens with zero attached hydrogens (tertiary/aromatic N) is 2. The number of carbonyl (C=O) groups is 1. The van der Waals surface area contributed by atoms with Gasteiger partial charge >= 0.3 is 0 Å². The van der Waals surface area contributed by atoms with Crippen molar-refractivity contribution in [2.75, 3.05) is 18.7 Å². The zero-order valence-electron chi connectivity index (χ0n) is 11.8. The number of rotatable bonds is 6. The molecular formula is C14H15F2N3O3. The highest BCUT2D eigenvalue weighted by molar-refractivity contribution is 6.04. The molecule has 0 aliphatic rings. The van der Waals surface area contributed by atoms with E-state index in [0.29, 0.717) is 5.82 Å². The van der Waals surface area contributed by atoms with E-state index in [1.807, 2.05) is 0 Å². The quantitative estimate of drug-likeness (QED) is 0.856. The predicted octanol–water partition coefficient (Wildman–Crippen LogP) is 2.06. The summed E-state index contributed by atoms with van der Waals surface area (Å²) >= 11 is 0. The lowest BCUT2D eigenvalue weighted by molar-refractivity contribution is 0.102. The molecule has 8 heteroatoms. The first kappa shape index (κ1) is 15.7. The van der Waals surface area contributed by atoms with Crippen molar-refractivity contribution in [3.63, 3.8) is 0 Å². The number of hydrogen-bond donors (Lipinski definition) is 2. The maximum absolute atomic E-state index is 12.5. The number of hydrogen-bond acceptors (Lipinski definition) is 4. The highest BCUT2D eigenvalue weighted by Crippen LogP contribution is 2.23. The number of benzene rings is 1. The normalized spacial score (nSPS) is 10.7.